The second-order valence-electron chi connectivity index (χ2n) is 8.70. The van der Waals surface area contributed by atoms with Gasteiger partial charge in [0.1, 0.15) is 23.7 Å². The smallest absolute Gasteiger partial charge is 0.318 e. The van der Waals surface area contributed by atoms with E-state index in [0.717, 1.165) is 43.4 Å². The van der Waals surface area contributed by atoms with Gasteiger partial charge in [-0.15, -0.1) is 0 Å². The first kappa shape index (κ1) is 21.5. The summed E-state index contributed by atoms with van der Waals surface area (Å²) in [6, 6.07) is 8.14. The molecule has 2 atom stereocenters. The number of ether oxygens (including phenoxy) is 2. The maximum atomic E-state index is 14.4. The minimum Gasteiger partial charge on any atom is -0.489 e. The summed E-state index contributed by atoms with van der Waals surface area (Å²) in [5.41, 5.74) is 1.12. The molecule has 0 amide bonds. The number of anilines is 1. The first-order valence-corrected chi connectivity index (χ1v) is 11.2. The van der Waals surface area contributed by atoms with E-state index in [9.17, 15) is 9.18 Å². The molecule has 0 radical (unpaired) electrons. The van der Waals surface area contributed by atoms with Crippen molar-refractivity contribution in [2.24, 2.45) is 0 Å². The predicted octanol–water partition coefficient (Wildman–Crippen LogP) is 4.68. The molecule has 1 saturated heterocycles. The number of halogens is 1. The van der Waals surface area contributed by atoms with Crippen LogP contribution in [0.4, 0.5) is 10.2 Å². The molecule has 0 spiro atoms. The van der Waals surface area contributed by atoms with Crippen LogP contribution < -0.4 is 14.4 Å². The molecule has 7 heteroatoms. The summed E-state index contributed by atoms with van der Waals surface area (Å²) < 4.78 is 26.4. The molecule has 1 aromatic carbocycles. The maximum Gasteiger partial charge on any atom is 0.318 e. The van der Waals surface area contributed by atoms with E-state index < -0.39 is 5.82 Å². The number of aromatic nitrogens is 2. The van der Waals surface area contributed by atoms with Crippen molar-refractivity contribution in [2.45, 2.75) is 70.5 Å². The SMILES string of the molecule is CC(=O)C[C@@H](C)c1ccc(O[C@@H]2CCN(c3nc(OC4CCCC4)ncc3F)C2)cc1. The van der Waals surface area contributed by atoms with Crippen molar-refractivity contribution in [1.29, 1.82) is 0 Å². The molecule has 4 rings (SSSR count). The first-order valence-electron chi connectivity index (χ1n) is 11.2. The summed E-state index contributed by atoms with van der Waals surface area (Å²) in [7, 11) is 0. The Morgan fingerprint density at radius 3 is 2.61 bits per heavy atom. The summed E-state index contributed by atoms with van der Waals surface area (Å²) >= 11 is 0. The second-order valence-corrected chi connectivity index (χ2v) is 8.70. The van der Waals surface area contributed by atoms with Gasteiger partial charge in [-0.2, -0.15) is 4.98 Å². The van der Waals surface area contributed by atoms with Gasteiger partial charge < -0.3 is 19.2 Å². The zero-order chi connectivity index (χ0) is 21.8. The van der Waals surface area contributed by atoms with Crippen LogP contribution in [-0.4, -0.2) is 41.0 Å². The van der Waals surface area contributed by atoms with Crippen LogP contribution in [-0.2, 0) is 4.79 Å². The lowest BCUT2D eigenvalue weighted by Gasteiger charge is -2.20. The van der Waals surface area contributed by atoms with Gasteiger partial charge in [-0.25, -0.2) is 9.37 Å². The molecule has 1 aromatic heterocycles. The van der Waals surface area contributed by atoms with E-state index in [2.05, 4.69) is 9.97 Å². The third-order valence-corrected chi connectivity index (χ3v) is 6.07. The second kappa shape index (κ2) is 9.62. The zero-order valence-corrected chi connectivity index (χ0v) is 18.2. The molecular weight excluding hydrogens is 397 g/mol. The summed E-state index contributed by atoms with van der Waals surface area (Å²) in [6.07, 6.45) is 6.91. The molecule has 2 fully saturated rings. The lowest BCUT2D eigenvalue weighted by molar-refractivity contribution is -0.117. The Balaban J connectivity index is 1.35. The third-order valence-electron chi connectivity index (χ3n) is 6.07. The number of ketones is 1. The summed E-state index contributed by atoms with van der Waals surface area (Å²) in [4.78, 5) is 21.6. The highest BCUT2D eigenvalue weighted by molar-refractivity contribution is 5.76. The van der Waals surface area contributed by atoms with E-state index in [-0.39, 0.29) is 35.7 Å². The van der Waals surface area contributed by atoms with Crippen molar-refractivity contribution in [1.82, 2.24) is 9.97 Å². The van der Waals surface area contributed by atoms with Crippen LogP contribution in [0.1, 0.15) is 63.9 Å². The molecular formula is C24H30FN3O3. The van der Waals surface area contributed by atoms with Gasteiger partial charge in [-0.3, -0.25) is 0 Å². The molecule has 0 N–H and O–H groups in total. The third kappa shape index (κ3) is 5.51. The molecule has 0 bridgehead atoms. The fraction of sp³-hybridized carbons (Fsp3) is 0.542. The van der Waals surface area contributed by atoms with Gasteiger partial charge in [0.05, 0.1) is 12.7 Å². The van der Waals surface area contributed by atoms with Gasteiger partial charge in [-0.1, -0.05) is 19.1 Å². The molecule has 2 aromatic rings. The Labute approximate surface area is 182 Å². The lowest BCUT2D eigenvalue weighted by atomic mass is 9.96. The Hall–Kier alpha value is -2.70. The average molecular weight is 428 g/mol. The van der Waals surface area contributed by atoms with Crippen molar-refractivity contribution >= 4 is 11.6 Å². The number of benzene rings is 1. The van der Waals surface area contributed by atoms with Gasteiger partial charge in [0, 0.05) is 19.4 Å². The van der Waals surface area contributed by atoms with E-state index in [0.29, 0.717) is 19.5 Å². The standard InChI is InChI=1S/C24H30FN3O3/c1-16(13-17(2)29)18-7-9-20(10-8-18)30-21-11-12-28(15-21)23-22(25)14-26-24(27-23)31-19-5-3-4-6-19/h7-10,14,16,19,21H,3-6,11-13,15H2,1-2H3/t16-,21-/m1/s1. The van der Waals surface area contributed by atoms with Crippen LogP contribution >= 0.6 is 0 Å². The number of nitrogens with zero attached hydrogens (tertiary/aromatic N) is 3. The largest absolute Gasteiger partial charge is 0.489 e. The number of rotatable bonds is 8. The summed E-state index contributed by atoms with van der Waals surface area (Å²) in [5.74, 6) is 0.993. The number of carbonyl (C=O) groups is 1. The molecule has 1 saturated carbocycles. The lowest BCUT2D eigenvalue weighted by Crippen LogP contribution is -2.26. The molecule has 1 aliphatic heterocycles. The molecule has 2 aliphatic rings. The van der Waals surface area contributed by atoms with Gasteiger partial charge in [0.25, 0.3) is 0 Å². The van der Waals surface area contributed by atoms with E-state index >= 15 is 0 Å². The van der Waals surface area contributed by atoms with Crippen LogP contribution in [0.3, 0.4) is 0 Å². The molecule has 6 nitrogen and oxygen atoms in total. The van der Waals surface area contributed by atoms with E-state index in [1.54, 1.807) is 6.92 Å². The quantitative estimate of drug-likeness (QED) is 0.610. The molecule has 166 valence electrons. The number of hydrogen-bond acceptors (Lipinski definition) is 6. The summed E-state index contributed by atoms with van der Waals surface area (Å²) in [6.45, 7) is 4.88. The Kier molecular flexibility index (Phi) is 6.68. The molecule has 0 unspecified atom stereocenters. The van der Waals surface area contributed by atoms with Crippen LogP contribution in [0.2, 0.25) is 0 Å². The highest BCUT2D eigenvalue weighted by atomic mass is 19.1. The van der Waals surface area contributed by atoms with Gasteiger partial charge in [0.2, 0.25) is 0 Å². The number of carbonyl (C=O) groups excluding carboxylic acids is 1. The molecule has 1 aliphatic carbocycles. The van der Waals surface area contributed by atoms with Gasteiger partial charge >= 0.3 is 6.01 Å². The fourth-order valence-electron chi connectivity index (χ4n) is 4.41. The topological polar surface area (TPSA) is 64.5 Å². The highest BCUT2D eigenvalue weighted by Gasteiger charge is 2.28. The maximum absolute atomic E-state index is 14.4. The van der Waals surface area contributed by atoms with Gasteiger partial charge in [-0.05, 0) is 56.2 Å². The van der Waals surface area contributed by atoms with E-state index in [1.165, 1.54) is 6.20 Å². The van der Waals surface area contributed by atoms with Crippen molar-refractivity contribution in [2.75, 3.05) is 18.0 Å². The number of Topliss-reactive ketones (excluding diaryl/α,β-unsaturated/α-hetero) is 1. The highest BCUT2D eigenvalue weighted by Crippen LogP contribution is 2.28. The molecule has 2 heterocycles. The monoisotopic (exact) mass is 427 g/mol. The Morgan fingerprint density at radius 2 is 1.90 bits per heavy atom. The normalized spacial score (nSPS) is 20.1. The van der Waals surface area contributed by atoms with Crippen molar-refractivity contribution < 1.29 is 18.7 Å². The minimum atomic E-state index is -0.441. The summed E-state index contributed by atoms with van der Waals surface area (Å²) in [5, 5.41) is 0. The zero-order valence-electron chi connectivity index (χ0n) is 18.2. The minimum absolute atomic E-state index is 0.0472. The first-order chi connectivity index (χ1) is 15.0. The average Bonchev–Trinajstić information content (AvgIpc) is 3.42. The van der Waals surface area contributed by atoms with Crippen molar-refractivity contribution in [3.63, 3.8) is 0 Å². The number of hydrogen-bond donors (Lipinski definition) is 0. The van der Waals surface area contributed by atoms with E-state index in [4.69, 9.17) is 9.47 Å². The Bertz CT molecular complexity index is 899. The van der Waals surface area contributed by atoms with Crippen LogP contribution in [0.5, 0.6) is 11.8 Å². The Morgan fingerprint density at radius 1 is 1.16 bits per heavy atom. The van der Waals surface area contributed by atoms with E-state index in [1.807, 2.05) is 36.1 Å². The molecule has 31 heavy (non-hydrogen) atoms. The fourth-order valence-corrected chi connectivity index (χ4v) is 4.41. The van der Waals surface area contributed by atoms with Crippen molar-refractivity contribution in [3.8, 4) is 11.8 Å². The van der Waals surface area contributed by atoms with Crippen LogP contribution in [0, 0.1) is 5.82 Å². The van der Waals surface area contributed by atoms with Gasteiger partial charge in [0.15, 0.2) is 11.6 Å². The van der Waals surface area contributed by atoms with Crippen LogP contribution in [0.25, 0.3) is 0 Å². The predicted molar refractivity (Wildman–Crippen MR) is 116 cm³/mol. The van der Waals surface area contributed by atoms with Crippen molar-refractivity contribution in [3.05, 3.63) is 41.8 Å². The van der Waals surface area contributed by atoms with Crippen LogP contribution in [0.15, 0.2) is 30.5 Å².